The van der Waals surface area contributed by atoms with Crippen LogP contribution >= 0.6 is 0 Å². The molecule has 0 bridgehead atoms. The molecular weight excluding hydrogens is 160 g/mol. The molecule has 2 atom stereocenters. The number of nitrogens with zero attached hydrogens (tertiary/aromatic N) is 1. The minimum absolute atomic E-state index is 0.663. The lowest BCUT2D eigenvalue weighted by Crippen LogP contribution is -2.48. The van der Waals surface area contributed by atoms with Crippen LogP contribution in [-0.2, 0) is 0 Å². The van der Waals surface area contributed by atoms with Crippen molar-refractivity contribution in [3.63, 3.8) is 0 Å². The Labute approximate surface area is 82.7 Å². The van der Waals surface area contributed by atoms with E-state index in [1.165, 1.54) is 25.9 Å². The monoisotopic (exact) mass is 184 g/mol. The van der Waals surface area contributed by atoms with Crippen LogP contribution < -0.4 is 5.32 Å². The highest BCUT2D eigenvalue weighted by Gasteiger charge is 2.22. The molecule has 0 aliphatic carbocycles. The molecule has 13 heavy (non-hydrogen) atoms. The summed E-state index contributed by atoms with van der Waals surface area (Å²) in [4.78, 5) is 2.43. The molecule has 1 aliphatic heterocycles. The number of piperidine rings is 1. The Morgan fingerprint density at radius 1 is 1.46 bits per heavy atom. The molecule has 1 heterocycles. The van der Waals surface area contributed by atoms with Gasteiger partial charge in [-0.15, -0.1) is 0 Å². The van der Waals surface area contributed by atoms with Crippen LogP contribution in [0.4, 0.5) is 0 Å². The summed E-state index contributed by atoms with van der Waals surface area (Å²) >= 11 is 0. The number of hydrogen-bond acceptors (Lipinski definition) is 2. The highest BCUT2D eigenvalue weighted by Crippen LogP contribution is 2.16. The predicted octanol–water partition coefficient (Wildman–Crippen LogP) is 1.71. The van der Waals surface area contributed by atoms with Crippen LogP contribution in [-0.4, -0.2) is 37.1 Å². The van der Waals surface area contributed by atoms with E-state index in [0.717, 1.165) is 5.92 Å². The normalized spacial score (nSPS) is 30.0. The van der Waals surface area contributed by atoms with Gasteiger partial charge in [-0.1, -0.05) is 6.92 Å². The summed E-state index contributed by atoms with van der Waals surface area (Å²) in [5.74, 6) is 0.843. The molecule has 1 aliphatic rings. The summed E-state index contributed by atoms with van der Waals surface area (Å²) in [5, 5.41) is 3.61. The van der Waals surface area contributed by atoms with Crippen LogP contribution in [0.25, 0.3) is 0 Å². The van der Waals surface area contributed by atoms with Gasteiger partial charge < -0.3 is 10.2 Å². The Morgan fingerprint density at radius 2 is 2.15 bits per heavy atom. The van der Waals surface area contributed by atoms with Gasteiger partial charge in [0.05, 0.1) is 0 Å². The Hall–Kier alpha value is -0.0800. The van der Waals surface area contributed by atoms with E-state index < -0.39 is 0 Å². The van der Waals surface area contributed by atoms with Gasteiger partial charge in [0.25, 0.3) is 0 Å². The van der Waals surface area contributed by atoms with Gasteiger partial charge in [-0.05, 0) is 46.2 Å². The number of hydrogen-bond donors (Lipinski definition) is 1. The van der Waals surface area contributed by atoms with Crippen molar-refractivity contribution in [2.24, 2.45) is 5.92 Å². The molecular formula is C11H24N2. The molecule has 78 valence electrons. The van der Waals surface area contributed by atoms with E-state index in [0.29, 0.717) is 12.1 Å². The van der Waals surface area contributed by atoms with Crippen molar-refractivity contribution in [2.75, 3.05) is 20.1 Å². The molecule has 0 spiro atoms. The highest BCUT2D eigenvalue weighted by molar-refractivity contribution is 4.81. The molecule has 0 aromatic rings. The van der Waals surface area contributed by atoms with Crippen LogP contribution in [0.5, 0.6) is 0 Å². The van der Waals surface area contributed by atoms with E-state index in [1.807, 2.05) is 0 Å². The van der Waals surface area contributed by atoms with Gasteiger partial charge in [-0.2, -0.15) is 0 Å². The van der Waals surface area contributed by atoms with Crippen molar-refractivity contribution in [3.05, 3.63) is 0 Å². The fraction of sp³-hybridized carbons (Fsp3) is 1.00. The van der Waals surface area contributed by atoms with Crippen LogP contribution in [0.3, 0.4) is 0 Å². The summed E-state index contributed by atoms with van der Waals surface area (Å²) < 4.78 is 0. The summed E-state index contributed by atoms with van der Waals surface area (Å²) in [6, 6.07) is 1.37. The Kier molecular flexibility index (Phi) is 4.20. The summed E-state index contributed by atoms with van der Waals surface area (Å²) in [6.45, 7) is 9.28. The highest BCUT2D eigenvalue weighted by atomic mass is 15.1. The Morgan fingerprint density at radius 3 is 2.69 bits per heavy atom. The molecule has 0 radical (unpaired) electrons. The molecule has 2 unspecified atom stereocenters. The zero-order valence-electron chi connectivity index (χ0n) is 9.51. The molecule has 0 aromatic carbocycles. The zero-order chi connectivity index (χ0) is 9.84. The second-order valence-corrected chi connectivity index (χ2v) is 4.71. The average Bonchev–Trinajstić information content (AvgIpc) is 2.08. The first-order valence-corrected chi connectivity index (χ1v) is 5.55. The largest absolute Gasteiger partial charge is 0.312 e. The topological polar surface area (TPSA) is 15.3 Å². The van der Waals surface area contributed by atoms with E-state index in [4.69, 9.17) is 0 Å². The number of likely N-dealkylation sites (N-methyl/N-ethyl adjacent to an activating group) is 1. The Bertz CT molecular complexity index is 145. The molecule has 0 saturated carbocycles. The summed E-state index contributed by atoms with van der Waals surface area (Å²) in [5.41, 5.74) is 0. The van der Waals surface area contributed by atoms with Crippen LogP contribution in [0.15, 0.2) is 0 Å². The second kappa shape index (κ2) is 4.97. The van der Waals surface area contributed by atoms with Crippen molar-refractivity contribution in [2.45, 2.75) is 45.7 Å². The van der Waals surface area contributed by atoms with Gasteiger partial charge in [0, 0.05) is 18.6 Å². The number of rotatable bonds is 3. The third-order valence-corrected chi connectivity index (χ3v) is 3.30. The molecule has 0 amide bonds. The van der Waals surface area contributed by atoms with Gasteiger partial charge in [-0.25, -0.2) is 0 Å². The summed E-state index contributed by atoms with van der Waals surface area (Å²) in [7, 11) is 2.22. The molecule has 1 rings (SSSR count). The van der Waals surface area contributed by atoms with Gasteiger partial charge in [0.1, 0.15) is 0 Å². The first kappa shape index (κ1) is 11.0. The maximum atomic E-state index is 3.61. The van der Waals surface area contributed by atoms with Gasteiger partial charge >= 0.3 is 0 Å². The minimum Gasteiger partial charge on any atom is -0.312 e. The van der Waals surface area contributed by atoms with Crippen molar-refractivity contribution < 1.29 is 0 Å². The number of nitrogens with one attached hydrogen (secondary N) is 1. The van der Waals surface area contributed by atoms with Crippen molar-refractivity contribution in [1.82, 2.24) is 10.2 Å². The van der Waals surface area contributed by atoms with Gasteiger partial charge in [-0.3, -0.25) is 0 Å². The van der Waals surface area contributed by atoms with E-state index in [-0.39, 0.29) is 0 Å². The lowest BCUT2D eigenvalue weighted by molar-refractivity contribution is 0.190. The summed E-state index contributed by atoms with van der Waals surface area (Å²) in [6.07, 6.45) is 2.74. The van der Waals surface area contributed by atoms with Crippen LogP contribution in [0.2, 0.25) is 0 Å². The van der Waals surface area contributed by atoms with E-state index in [2.05, 4.69) is 38.0 Å². The lowest BCUT2D eigenvalue weighted by atomic mass is 9.92. The molecule has 2 heteroatoms. The second-order valence-electron chi connectivity index (χ2n) is 4.71. The van der Waals surface area contributed by atoms with Crippen molar-refractivity contribution in [1.29, 1.82) is 0 Å². The zero-order valence-corrected chi connectivity index (χ0v) is 9.51. The predicted molar refractivity (Wildman–Crippen MR) is 58.0 cm³/mol. The van der Waals surface area contributed by atoms with E-state index in [1.54, 1.807) is 0 Å². The molecule has 0 aromatic heterocycles. The first-order chi connectivity index (χ1) is 6.11. The maximum absolute atomic E-state index is 3.61. The molecule has 1 fully saturated rings. The SMILES string of the molecule is CC1CCCNC1CN(C)C(C)C. The standard InChI is InChI=1S/C11H24N2/c1-9(2)13(4)8-11-10(3)6-5-7-12-11/h9-12H,5-8H2,1-4H3. The first-order valence-electron chi connectivity index (χ1n) is 5.55. The smallest absolute Gasteiger partial charge is 0.0220 e. The molecule has 1 N–H and O–H groups in total. The van der Waals surface area contributed by atoms with Crippen LogP contribution in [0.1, 0.15) is 33.6 Å². The van der Waals surface area contributed by atoms with Gasteiger partial charge in [0.15, 0.2) is 0 Å². The van der Waals surface area contributed by atoms with E-state index >= 15 is 0 Å². The average molecular weight is 184 g/mol. The van der Waals surface area contributed by atoms with Gasteiger partial charge in [0.2, 0.25) is 0 Å². The fourth-order valence-electron chi connectivity index (χ4n) is 1.88. The molecule has 1 saturated heterocycles. The third-order valence-electron chi connectivity index (χ3n) is 3.30. The lowest BCUT2D eigenvalue weighted by Gasteiger charge is -2.34. The van der Waals surface area contributed by atoms with Crippen molar-refractivity contribution >= 4 is 0 Å². The van der Waals surface area contributed by atoms with Crippen molar-refractivity contribution in [3.8, 4) is 0 Å². The fourth-order valence-corrected chi connectivity index (χ4v) is 1.88. The Balaban J connectivity index is 2.33. The third kappa shape index (κ3) is 3.28. The van der Waals surface area contributed by atoms with E-state index in [9.17, 15) is 0 Å². The minimum atomic E-state index is 0.663. The maximum Gasteiger partial charge on any atom is 0.0220 e. The molecule has 2 nitrogen and oxygen atoms in total. The van der Waals surface area contributed by atoms with Crippen LogP contribution in [0, 0.1) is 5.92 Å². The quantitative estimate of drug-likeness (QED) is 0.718.